The van der Waals surface area contributed by atoms with Gasteiger partial charge in [0.1, 0.15) is 5.82 Å². The number of urea groups is 1. The van der Waals surface area contributed by atoms with Crippen molar-refractivity contribution in [1.82, 2.24) is 24.6 Å². The van der Waals surface area contributed by atoms with Crippen LogP contribution in [0.4, 0.5) is 43.4 Å². The summed E-state index contributed by atoms with van der Waals surface area (Å²) in [5.74, 6) is 0.264. The molecule has 0 atom stereocenters. The van der Waals surface area contributed by atoms with E-state index < -0.39 is 6.03 Å². The lowest BCUT2D eigenvalue weighted by Gasteiger charge is -2.55. The molecule has 0 radical (unpaired) electrons. The van der Waals surface area contributed by atoms with E-state index in [9.17, 15) is 19.6 Å². The molecular formula is C46H52FN11O3. The van der Waals surface area contributed by atoms with Crippen LogP contribution in [-0.2, 0) is 18.9 Å². The van der Waals surface area contributed by atoms with Crippen molar-refractivity contribution in [2.24, 2.45) is 25.4 Å². The van der Waals surface area contributed by atoms with Crippen LogP contribution < -0.4 is 35.4 Å². The van der Waals surface area contributed by atoms with Crippen LogP contribution >= 0.6 is 0 Å². The van der Waals surface area contributed by atoms with Gasteiger partial charge in [0.2, 0.25) is 5.91 Å². The number of nitrogens with one attached hydrogen (secondary N) is 1. The number of likely N-dealkylation sites (tertiary alicyclic amines) is 1. The second kappa shape index (κ2) is 14.8. The van der Waals surface area contributed by atoms with Crippen LogP contribution in [0.25, 0.3) is 21.8 Å². The average Bonchev–Trinajstić information content (AvgIpc) is 3.56. The third-order valence-corrected chi connectivity index (χ3v) is 14.2. The Morgan fingerprint density at radius 1 is 0.803 bits per heavy atom. The normalized spacial score (nSPS) is 19.8. The van der Waals surface area contributed by atoms with Gasteiger partial charge in [0.05, 0.1) is 45.4 Å². The number of anilines is 6. The molecule has 0 saturated carbocycles. The van der Waals surface area contributed by atoms with E-state index in [1.807, 2.05) is 44.3 Å². The van der Waals surface area contributed by atoms with Crippen LogP contribution in [-0.4, -0.2) is 104 Å². The number of hydrogen-bond acceptors (Lipinski definition) is 10. The van der Waals surface area contributed by atoms with Gasteiger partial charge >= 0.3 is 6.03 Å². The minimum atomic E-state index is -0.535. The topological polar surface area (TPSA) is 129 Å². The molecule has 5 aromatic rings. The van der Waals surface area contributed by atoms with Crippen LogP contribution in [0.2, 0.25) is 0 Å². The molecule has 7 heterocycles. The molecule has 2 aromatic heterocycles. The zero-order chi connectivity index (χ0) is 42.3. The molecule has 4 fully saturated rings. The molecule has 316 valence electrons. The molecule has 5 aliphatic rings. The van der Waals surface area contributed by atoms with Crippen molar-refractivity contribution in [3.63, 3.8) is 0 Å². The molecule has 4 saturated heterocycles. The maximum atomic E-state index is 15.8. The van der Waals surface area contributed by atoms with Gasteiger partial charge in [0.15, 0.2) is 5.82 Å². The smallest absolute Gasteiger partial charge is 0.329 e. The lowest BCUT2D eigenvalue weighted by molar-refractivity contribution is -0.120. The summed E-state index contributed by atoms with van der Waals surface area (Å²) >= 11 is 0. The Labute approximate surface area is 354 Å². The van der Waals surface area contributed by atoms with Gasteiger partial charge in [-0.3, -0.25) is 24.5 Å². The molecule has 15 heteroatoms. The number of carbonyl (C=O) groups excluding carboxylic acids is 2. The maximum absolute atomic E-state index is 15.8. The molecule has 3 amide bonds. The third kappa shape index (κ3) is 6.72. The lowest BCUT2D eigenvalue weighted by Crippen LogP contribution is -2.61. The van der Waals surface area contributed by atoms with Gasteiger partial charge in [-0.2, -0.15) is 10.4 Å². The monoisotopic (exact) mass is 825 g/mol. The molecule has 5 aliphatic heterocycles. The number of aryl methyl sites for hydroxylation is 3. The Hall–Kier alpha value is -6.14. The van der Waals surface area contributed by atoms with Gasteiger partial charge < -0.3 is 29.1 Å². The van der Waals surface area contributed by atoms with Crippen LogP contribution in [0, 0.1) is 35.4 Å². The molecule has 0 aliphatic carbocycles. The molecule has 10 rings (SSSR count). The van der Waals surface area contributed by atoms with Gasteiger partial charge in [-0.1, -0.05) is 0 Å². The van der Waals surface area contributed by atoms with Gasteiger partial charge in [0.25, 0.3) is 5.56 Å². The highest BCUT2D eigenvalue weighted by atomic mass is 19.1. The van der Waals surface area contributed by atoms with E-state index in [-0.39, 0.29) is 30.2 Å². The third-order valence-electron chi connectivity index (χ3n) is 14.2. The fourth-order valence-corrected chi connectivity index (χ4v) is 10.7. The number of hydrogen-bond donors (Lipinski definition) is 1. The molecule has 0 bridgehead atoms. The van der Waals surface area contributed by atoms with Crippen molar-refractivity contribution in [3.05, 3.63) is 75.8 Å². The quantitative estimate of drug-likeness (QED) is 0.231. The molecule has 1 N–H and O–H groups in total. The highest BCUT2D eigenvalue weighted by Crippen LogP contribution is 2.46. The van der Waals surface area contributed by atoms with Crippen molar-refractivity contribution in [2.75, 3.05) is 97.0 Å². The number of amides is 3. The summed E-state index contributed by atoms with van der Waals surface area (Å²) in [6.07, 6.45) is 4.39. The van der Waals surface area contributed by atoms with Gasteiger partial charge in [-0.15, -0.1) is 0 Å². The summed E-state index contributed by atoms with van der Waals surface area (Å²) in [4.78, 5) is 50.7. The summed E-state index contributed by atoms with van der Waals surface area (Å²) in [5, 5.41) is 18.2. The molecule has 1 spiro atoms. The van der Waals surface area contributed by atoms with E-state index in [0.717, 1.165) is 124 Å². The van der Waals surface area contributed by atoms with Crippen molar-refractivity contribution < 1.29 is 14.0 Å². The largest absolute Gasteiger partial charge is 0.371 e. The predicted molar refractivity (Wildman–Crippen MR) is 237 cm³/mol. The Kier molecular flexibility index (Phi) is 9.46. The predicted octanol–water partition coefficient (Wildman–Crippen LogP) is 5.60. The zero-order valence-corrected chi connectivity index (χ0v) is 35.4. The first-order chi connectivity index (χ1) is 29.4. The van der Waals surface area contributed by atoms with Gasteiger partial charge in [-0.25, -0.2) is 9.18 Å². The number of aromatic nitrogens is 3. The van der Waals surface area contributed by atoms with E-state index in [0.29, 0.717) is 39.4 Å². The van der Waals surface area contributed by atoms with Crippen LogP contribution in [0.3, 0.4) is 0 Å². The number of benzene rings is 3. The number of pyridine rings is 1. The Bertz CT molecular complexity index is 2710. The molecule has 3 aromatic carbocycles. The molecule has 0 unspecified atom stereocenters. The van der Waals surface area contributed by atoms with Gasteiger partial charge in [-0.05, 0) is 92.5 Å². The minimum absolute atomic E-state index is 0.0120. The molecule has 61 heavy (non-hydrogen) atoms. The van der Waals surface area contributed by atoms with Crippen LogP contribution in [0.1, 0.15) is 43.2 Å². The number of imide groups is 1. The summed E-state index contributed by atoms with van der Waals surface area (Å²) < 4.78 is 19.2. The lowest BCUT2D eigenvalue weighted by atomic mass is 9.71. The summed E-state index contributed by atoms with van der Waals surface area (Å²) in [5.41, 5.74) is 8.17. The maximum Gasteiger partial charge on any atom is 0.329 e. The first kappa shape index (κ1) is 39.0. The molecular weight excluding hydrogens is 774 g/mol. The number of halogens is 1. The SMILES string of the molecule is Cc1cc2c(N3CCN(C)c4ccc(C#N)cc43)cc(N3CCC4(CC3)CN(CC3CCN(c5cc6c(cc5F)c(N5CCC(=O)NC5=O)nn6C)CC3)C4)cc2n(C)c1=O. The summed E-state index contributed by atoms with van der Waals surface area (Å²) in [7, 11) is 5.76. The standard InChI is InChI=1S/C46H52FN11O3/c1-29-19-33-37(52(3)44(29)60)21-32(22-39(33)57-18-17-51(2)36-6-5-31(25-48)20-41(36)57)55-15-10-46(11-16-55)27-54(28-46)26-30-7-12-56(13-8-30)40-24-38-34(23-35(40)47)43(50-53(38)4)58-14-9-42(59)49-45(58)61/h5-6,19-24,30H,7-18,26-28H2,1-4H3,(H,49,59,61). The van der Waals surface area contributed by atoms with Gasteiger partial charge in [0, 0.05) is 115 Å². The molecule has 14 nitrogen and oxygen atoms in total. The average molecular weight is 826 g/mol. The fourth-order valence-electron chi connectivity index (χ4n) is 10.7. The van der Waals surface area contributed by atoms with Crippen molar-refractivity contribution in [2.45, 2.75) is 39.0 Å². The van der Waals surface area contributed by atoms with Crippen LogP contribution in [0.5, 0.6) is 0 Å². The fraction of sp³-hybridized carbons (Fsp3) is 0.457. The number of fused-ring (bicyclic) bond motifs is 3. The Morgan fingerprint density at radius 3 is 2.31 bits per heavy atom. The Balaban J connectivity index is 0.789. The second-order valence-electron chi connectivity index (χ2n) is 18.1. The van der Waals surface area contributed by atoms with Crippen LogP contribution in [0.15, 0.2) is 53.3 Å². The minimum Gasteiger partial charge on any atom is -0.371 e. The number of piperidine rings is 2. The first-order valence-electron chi connectivity index (χ1n) is 21.6. The number of likely N-dealkylation sites (N-methyl/N-ethyl adjacent to an activating group) is 1. The summed E-state index contributed by atoms with van der Waals surface area (Å²) in [6.45, 7) is 10.4. The van der Waals surface area contributed by atoms with Crippen molar-refractivity contribution >= 4 is 68.0 Å². The van der Waals surface area contributed by atoms with E-state index in [1.54, 1.807) is 16.3 Å². The number of rotatable bonds is 6. The summed E-state index contributed by atoms with van der Waals surface area (Å²) in [6, 6.07) is 17.5. The Morgan fingerprint density at radius 2 is 1.57 bits per heavy atom. The van der Waals surface area contributed by atoms with Crippen molar-refractivity contribution in [1.29, 1.82) is 5.26 Å². The first-order valence-corrected chi connectivity index (χ1v) is 21.6. The van der Waals surface area contributed by atoms with E-state index in [1.165, 1.54) is 11.0 Å². The zero-order valence-electron chi connectivity index (χ0n) is 35.4. The van der Waals surface area contributed by atoms with E-state index in [2.05, 4.69) is 60.2 Å². The number of nitrogens with zero attached hydrogens (tertiary/aromatic N) is 10. The van der Waals surface area contributed by atoms with E-state index in [4.69, 9.17) is 0 Å². The second-order valence-corrected chi connectivity index (χ2v) is 18.1. The van der Waals surface area contributed by atoms with Crippen molar-refractivity contribution in [3.8, 4) is 6.07 Å². The van der Waals surface area contributed by atoms with E-state index >= 15 is 4.39 Å². The number of carbonyl (C=O) groups is 2. The number of nitriles is 1. The highest BCUT2D eigenvalue weighted by Gasteiger charge is 2.45. The highest BCUT2D eigenvalue weighted by molar-refractivity contribution is 6.09.